The van der Waals surface area contributed by atoms with Crippen molar-refractivity contribution in [3.8, 4) is 0 Å². The summed E-state index contributed by atoms with van der Waals surface area (Å²) in [5.74, 6) is 1.26. The van der Waals surface area contributed by atoms with Gasteiger partial charge < -0.3 is 14.8 Å². The number of aromatic nitrogens is 2. The Morgan fingerprint density at radius 3 is 2.61 bits per heavy atom. The van der Waals surface area contributed by atoms with Crippen molar-refractivity contribution < 1.29 is 9.59 Å². The fourth-order valence-corrected chi connectivity index (χ4v) is 3.27. The lowest BCUT2D eigenvalue weighted by Gasteiger charge is -2.20. The van der Waals surface area contributed by atoms with E-state index in [4.69, 9.17) is 4.98 Å². The van der Waals surface area contributed by atoms with Gasteiger partial charge in [0.2, 0.25) is 11.8 Å². The van der Waals surface area contributed by atoms with Crippen LogP contribution in [0.3, 0.4) is 0 Å². The number of amides is 2. The topological polar surface area (TPSA) is 67.2 Å². The van der Waals surface area contributed by atoms with Gasteiger partial charge in [-0.15, -0.1) is 13.2 Å². The van der Waals surface area contributed by atoms with Crippen LogP contribution in [0.25, 0.3) is 11.0 Å². The Labute approximate surface area is 165 Å². The third-order valence-electron chi connectivity index (χ3n) is 4.90. The van der Waals surface area contributed by atoms with E-state index in [2.05, 4.69) is 18.5 Å². The quantitative estimate of drug-likeness (QED) is 0.481. The van der Waals surface area contributed by atoms with Crippen molar-refractivity contribution in [2.75, 3.05) is 19.6 Å². The normalized spacial score (nSPS) is 13.3. The van der Waals surface area contributed by atoms with Crippen LogP contribution in [0.2, 0.25) is 0 Å². The molecule has 0 saturated heterocycles. The first kappa shape index (κ1) is 19.9. The van der Waals surface area contributed by atoms with Crippen LogP contribution in [0, 0.1) is 5.92 Å². The molecular weight excluding hydrogens is 352 g/mol. The third kappa shape index (κ3) is 4.88. The van der Waals surface area contributed by atoms with Crippen molar-refractivity contribution in [1.29, 1.82) is 0 Å². The highest BCUT2D eigenvalue weighted by Gasteiger charge is 2.29. The molecule has 0 radical (unpaired) electrons. The molecule has 0 unspecified atom stereocenters. The molecule has 1 N–H and O–H groups in total. The fraction of sp³-hybridized carbons (Fsp3) is 0.409. The molecule has 0 spiro atoms. The van der Waals surface area contributed by atoms with E-state index in [1.807, 2.05) is 28.8 Å². The Kier molecular flexibility index (Phi) is 6.63. The molecule has 6 heteroatoms. The summed E-state index contributed by atoms with van der Waals surface area (Å²) in [5.41, 5.74) is 1.83. The number of carbonyl (C=O) groups excluding carboxylic acids is 2. The Morgan fingerprint density at radius 1 is 1.21 bits per heavy atom. The van der Waals surface area contributed by atoms with Crippen LogP contribution in [-0.4, -0.2) is 45.9 Å². The second-order valence-electron chi connectivity index (χ2n) is 7.15. The number of aryl methyl sites for hydroxylation is 1. The number of carbonyl (C=O) groups is 2. The van der Waals surface area contributed by atoms with Crippen LogP contribution in [0.4, 0.5) is 0 Å². The molecule has 0 atom stereocenters. The number of rotatable bonds is 11. The molecule has 1 aromatic heterocycles. The van der Waals surface area contributed by atoms with E-state index in [9.17, 15) is 9.59 Å². The molecule has 1 saturated carbocycles. The van der Waals surface area contributed by atoms with E-state index >= 15 is 0 Å². The first-order chi connectivity index (χ1) is 13.6. The number of fused-ring (bicyclic) bond motifs is 1. The van der Waals surface area contributed by atoms with Crippen LogP contribution in [0.1, 0.15) is 25.1 Å². The van der Waals surface area contributed by atoms with E-state index in [1.54, 1.807) is 17.1 Å². The zero-order chi connectivity index (χ0) is 19.9. The number of imidazole rings is 1. The molecule has 2 amide bonds. The van der Waals surface area contributed by atoms with Crippen molar-refractivity contribution in [1.82, 2.24) is 19.8 Å². The van der Waals surface area contributed by atoms with Crippen molar-refractivity contribution in [2.24, 2.45) is 5.92 Å². The van der Waals surface area contributed by atoms with E-state index in [-0.39, 0.29) is 24.3 Å². The molecule has 0 aliphatic heterocycles. The van der Waals surface area contributed by atoms with E-state index in [0.717, 1.165) is 36.1 Å². The maximum absolute atomic E-state index is 12.8. The Morgan fingerprint density at radius 2 is 1.93 bits per heavy atom. The standard InChI is InChI=1S/C22H28N4O2/c1-3-14-25(15-4-2)21(27)16-26-19-9-6-5-8-18(19)24-20(26)10-7-13-23-22(28)17-11-12-17/h3-6,8-9,17H,1-2,7,10-16H2,(H,23,28). The van der Waals surface area contributed by atoms with Gasteiger partial charge in [0.1, 0.15) is 12.4 Å². The molecule has 6 nitrogen and oxygen atoms in total. The number of nitrogens with zero attached hydrogens (tertiary/aromatic N) is 3. The number of hydrogen-bond donors (Lipinski definition) is 1. The van der Waals surface area contributed by atoms with Gasteiger partial charge in [-0.25, -0.2) is 4.98 Å². The highest BCUT2D eigenvalue weighted by atomic mass is 16.2. The van der Waals surface area contributed by atoms with Gasteiger partial charge in [-0.05, 0) is 31.4 Å². The summed E-state index contributed by atoms with van der Waals surface area (Å²) in [6.07, 6.45) is 6.95. The molecule has 1 aliphatic rings. The average Bonchev–Trinajstić information content (AvgIpc) is 3.49. The summed E-state index contributed by atoms with van der Waals surface area (Å²) in [6, 6.07) is 7.85. The van der Waals surface area contributed by atoms with Gasteiger partial charge in [0.05, 0.1) is 11.0 Å². The second kappa shape index (κ2) is 9.35. The molecule has 2 aromatic rings. The molecular formula is C22H28N4O2. The summed E-state index contributed by atoms with van der Waals surface area (Å²) in [4.78, 5) is 31.0. The summed E-state index contributed by atoms with van der Waals surface area (Å²) >= 11 is 0. The molecule has 1 aromatic carbocycles. The minimum atomic E-state index is 0.00578. The lowest BCUT2D eigenvalue weighted by Crippen LogP contribution is -2.34. The Hall–Kier alpha value is -2.89. The Bertz CT molecular complexity index is 857. The van der Waals surface area contributed by atoms with Crippen LogP contribution in [0.15, 0.2) is 49.6 Å². The second-order valence-corrected chi connectivity index (χ2v) is 7.15. The summed E-state index contributed by atoms with van der Waals surface area (Å²) in [5, 5.41) is 2.99. The van der Waals surface area contributed by atoms with Gasteiger partial charge in [0.15, 0.2) is 0 Å². The van der Waals surface area contributed by atoms with Crippen molar-refractivity contribution >= 4 is 22.8 Å². The summed E-state index contributed by atoms with van der Waals surface area (Å²) in [6.45, 7) is 9.29. The van der Waals surface area contributed by atoms with Gasteiger partial charge >= 0.3 is 0 Å². The maximum atomic E-state index is 12.8. The highest BCUT2D eigenvalue weighted by Crippen LogP contribution is 2.28. The average molecular weight is 380 g/mol. The van der Waals surface area contributed by atoms with Crippen molar-refractivity contribution in [3.05, 3.63) is 55.4 Å². The highest BCUT2D eigenvalue weighted by molar-refractivity contribution is 5.81. The SMILES string of the molecule is C=CCN(CC=C)C(=O)Cn1c(CCCNC(=O)C2CC2)nc2ccccc21. The molecule has 28 heavy (non-hydrogen) atoms. The van der Waals surface area contributed by atoms with Gasteiger partial charge in [-0.2, -0.15) is 0 Å². The molecule has 0 bridgehead atoms. The Balaban J connectivity index is 1.70. The van der Waals surface area contributed by atoms with Crippen LogP contribution >= 0.6 is 0 Å². The van der Waals surface area contributed by atoms with E-state index < -0.39 is 0 Å². The van der Waals surface area contributed by atoms with Crippen LogP contribution < -0.4 is 5.32 Å². The fourth-order valence-electron chi connectivity index (χ4n) is 3.27. The van der Waals surface area contributed by atoms with E-state index in [1.165, 1.54) is 0 Å². The minimum absolute atomic E-state index is 0.00578. The lowest BCUT2D eigenvalue weighted by atomic mass is 10.2. The molecule has 1 aliphatic carbocycles. The van der Waals surface area contributed by atoms with Gasteiger partial charge in [0.25, 0.3) is 0 Å². The molecule has 148 valence electrons. The molecule has 1 heterocycles. The zero-order valence-electron chi connectivity index (χ0n) is 16.3. The zero-order valence-corrected chi connectivity index (χ0v) is 16.3. The molecule has 1 fully saturated rings. The monoisotopic (exact) mass is 380 g/mol. The van der Waals surface area contributed by atoms with Crippen LogP contribution in [-0.2, 0) is 22.6 Å². The predicted octanol–water partition coefficient (Wildman–Crippen LogP) is 2.70. The largest absolute Gasteiger partial charge is 0.356 e. The van der Waals surface area contributed by atoms with Gasteiger partial charge in [0, 0.05) is 32.0 Å². The summed E-state index contributed by atoms with van der Waals surface area (Å²) < 4.78 is 1.99. The van der Waals surface area contributed by atoms with Gasteiger partial charge in [-0.1, -0.05) is 24.3 Å². The molecule has 3 rings (SSSR count). The van der Waals surface area contributed by atoms with Crippen molar-refractivity contribution in [3.63, 3.8) is 0 Å². The van der Waals surface area contributed by atoms with Gasteiger partial charge in [-0.3, -0.25) is 9.59 Å². The van der Waals surface area contributed by atoms with Crippen LogP contribution in [0.5, 0.6) is 0 Å². The third-order valence-corrected chi connectivity index (χ3v) is 4.90. The maximum Gasteiger partial charge on any atom is 0.243 e. The predicted molar refractivity (Wildman–Crippen MR) is 111 cm³/mol. The van der Waals surface area contributed by atoms with E-state index in [0.29, 0.717) is 26.1 Å². The summed E-state index contributed by atoms with van der Waals surface area (Å²) in [7, 11) is 0. The lowest BCUT2D eigenvalue weighted by molar-refractivity contribution is -0.130. The number of hydrogen-bond acceptors (Lipinski definition) is 3. The number of nitrogens with one attached hydrogen (secondary N) is 1. The minimum Gasteiger partial charge on any atom is -0.356 e. The first-order valence-corrected chi connectivity index (χ1v) is 9.85. The number of para-hydroxylation sites is 2. The smallest absolute Gasteiger partial charge is 0.243 e. The first-order valence-electron chi connectivity index (χ1n) is 9.85. The number of benzene rings is 1. The van der Waals surface area contributed by atoms with Crippen molar-refractivity contribution in [2.45, 2.75) is 32.2 Å².